The van der Waals surface area contributed by atoms with Crippen molar-refractivity contribution in [3.05, 3.63) is 5.21 Å². The van der Waals surface area contributed by atoms with E-state index in [0.717, 1.165) is 0 Å². The molecule has 8 heavy (non-hydrogen) atoms. The van der Waals surface area contributed by atoms with Crippen molar-refractivity contribution >= 4 is 25.7 Å². The molecule has 1 unspecified atom stereocenters. The highest BCUT2D eigenvalue weighted by molar-refractivity contribution is 8.20. The molecule has 0 aromatic heterocycles. The molecule has 1 heterocycles. The van der Waals surface area contributed by atoms with Crippen LogP contribution in [-0.2, 0) is 10.0 Å². The average Bonchev–Trinajstić information content (AvgIpc) is 1.61. The lowest BCUT2D eigenvalue weighted by Gasteiger charge is -2.13. The van der Waals surface area contributed by atoms with E-state index in [1.165, 1.54) is 0 Å². The maximum atomic E-state index is 10.3. The SMILES string of the molecule is O=S(Cl)C1=[N+]([O-])CC1. The minimum Gasteiger partial charge on any atom is -0.623 e. The fourth-order valence-corrected chi connectivity index (χ4v) is 1.42. The van der Waals surface area contributed by atoms with Crippen LogP contribution < -0.4 is 0 Å². The van der Waals surface area contributed by atoms with E-state index < -0.39 is 10.0 Å². The van der Waals surface area contributed by atoms with Crippen LogP contribution in [0.3, 0.4) is 0 Å². The van der Waals surface area contributed by atoms with Crippen molar-refractivity contribution in [2.24, 2.45) is 0 Å². The Morgan fingerprint density at radius 2 is 2.50 bits per heavy atom. The Labute approximate surface area is 53.5 Å². The smallest absolute Gasteiger partial charge is 0.273 e. The molecule has 0 amide bonds. The molecule has 0 aromatic carbocycles. The third-order valence-corrected chi connectivity index (χ3v) is 2.30. The molecule has 5 heteroatoms. The van der Waals surface area contributed by atoms with Gasteiger partial charge in [-0.05, 0) is 0 Å². The summed E-state index contributed by atoms with van der Waals surface area (Å²) in [6, 6.07) is 0. The number of rotatable bonds is 0. The van der Waals surface area contributed by atoms with Crippen LogP contribution in [0.2, 0.25) is 0 Å². The maximum Gasteiger partial charge on any atom is 0.273 e. The van der Waals surface area contributed by atoms with Gasteiger partial charge in [-0.3, -0.25) is 0 Å². The van der Waals surface area contributed by atoms with E-state index in [1.807, 2.05) is 0 Å². The Bertz CT molecular complexity index is 167. The van der Waals surface area contributed by atoms with E-state index >= 15 is 0 Å². The Morgan fingerprint density at radius 3 is 2.50 bits per heavy atom. The van der Waals surface area contributed by atoms with Crippen LogP contribution in [0.4, 0.5) is 0 Å². The van der Waals surface area contributed by atoms with Gasteiger partial charge in [-0.1, -0.05) is 0 Å². The number of hydrogen-bond acceptors (Lipinski definition) is 2. The van der Waals surface area contributed by atoms with Crippen LogP contribution in [-0.4, -0.2) is 20.5 Å². The standard InChI is InChI=1S/C3H4ClNO2S/c4-8(7)3-1-2-5(3)6/h1-2H2. The topological polar surface area (TPSA) is 43.1 Å². The molecule has 0 fully saturated rings. The molecule has 0 bridgehead atoms. The first-order chi connectivity index (χ1) is 3.72. The molecule has 46 valence electrons. The number of nitrogens with zero attached hydrogens (tertiary/aromatic N) is 1. The van der Waals surface area contributed by atoms with E-state index in [2.05, 4.69) is 0 Å². The summed E-state index contributed by atoms with van der Waals surface area (Å²) >= 11 is 0. The highest BCUT2D eigenvalue weighted by Gasteiger charge is 2.26. The Hall–Kier alpha value is -0.0900. The molecule has 0 saturated heterocycles. The van der Waals surface area contributed by atoms with Crippen molar-refractivity contribution in [3.8, 4) is 0 Å². The molecular formula is C3H4ClNO2S. The molecule has 0 N–H and O–H groups in total. The minimum absolute atomic E-state index is 0.298. The summed E-state index contributed by atoms with van der Waals surface area (Å²) in [7, 11) is 3.52. The van der Waals surface area contributed by atoms with E-state index in [1.54, 1.807) is 0 Å². The predicted octanol–water partition coefficient (Wildman–Crippen LogP) is 0.201. The van der Waals surface area contributed by atoms with E-state index in [0.29, 0.717) is 22.7 Å². The first kappa shape index (κ1) is 6.04. The lowest BCUT2D eigenvalue weighted by atomic mass is 10.4. The van der Waals surface area contributed by atoms with Gasteiger partial charge in [-0.2, -0.15) is 4.74 Å². The van der Waals surface area contributed by atoms with Crippen molar-refractivity contribution in [2.45, 2.75) is 6.42 Å². The summed E-state index contributed by atoms with van der Waals surface area (Å²) < 4.78 is 10.9. The third-order valence-electron chi connectivity index (χ3n) is 0.992. The molecular weight excluding hydrogens is 150 g/mol. The van der Waals surface area contributed by atoms with E-state index in [-0.39, 0.29) is 0 Å². The second-order valence-corrected chi connectivity index (χ2v) is 3.23. The summed E-state index contributed by atoms with van der Waals surface area (Å²) in [5, 5.41) is 10.6. The molecule has 0 aliphatic carbocycles. The van der Waals surface area contributed by atoms with Crippen LogP contribution in [0, 0.1) is 5.21 Å². The van der Waals surface area contributed by atoms with Gasteiger partial charge >= 0.3 is 0 Å². The third kappa shape index (κ3) is 0.855. The molecule has 1 aliphatic rings. The van der Waals surface area contributed by atoms with Crippen LogP contribution in [0.5, 0.6) is 0 Å². The molecule has 0 radical (unpaired) electrons. The maximum absolute atomic E-state index is 10.3. The second-order valence-electron chi connectivity index (χ2n) is 1.47. The van der Waals surface area contributed by atoms with Crippen molar-refractivity contribution in [1.82, 2.24) is 0 Å². The second kappa shape index (κ2) is 2.03. The summed E-state index contributed by atoms with van der Waals surface area (Å²) in [6.45, 7) is 0.438. The van der Waals surface area contributed by atoms with Gasteiger partial charge in [0.1, 0.15) is 6.42 Å². The molecule has 1 aliphatic heterocycles. The van der Waals surface area contributed by atoms with Crippen LogP contribution in [0.15, 0.2) is 0 Å². The van der Waals surface area contributed by atoms with E-state index in [9.17, 15) is 9.42 Å². The largest absolute Gasteiger partial charge is 0.623 e. The van der Waals surface area contributed by atoms with Gasteiger partial charge in [-0.15, -0.1) is 0 Å². The normalized spacial score (nSPS) is 22.6. The van der Waals surface area contributed by atoms with Gasteiger partial charge in [0, 0.05) is 10.7 Å². The van der Waals surface area contributed by atoms with Gasteiger partial charge in [0.2, 0.25) is 10.0 Å². The Balaban J connectivity index is 2.74. The molecule has 1 rings (SSSR count). The van der Waals surface area contributed by atoms with Crippen molar-refractivity contribution in [3.63, 3.8) is 0 Å². The van der Waals surface area contributed by atoms with Gasteiger partial charge in [0.05, 0.1) is 0 Å². The van der Waals surface area contributed by atoms with Gasteiger partial charge in [0.25, 0.3) is 5.04 Å². The zero-order valence-corrected chi connectivity index (χ0v) is 5.54. The highest BCUT2D eigenvalue weighted by atomic mass is 35.7. The van der Waals surface area contributed by atoms with Crippen LogP contribution >= 0.6 is 10.7 Å². The number of hydroxylamine groups is 1. The summed E-state index contributed by atoms with van der Waals surface area (Å²) in [4.78, 5) is 0. The lowest BCUT2D eigenvalue weighted by Crippen LogP contribution is -2.31. The Morgan fingerprint density at radius 1 is 1.88 bits per heavy atom. The Kier molecular flexibility index (Phi) is 1.53. The lowest BCUT2D eigenvalue weighted by molar-refractivity contribution is -0.480. The van der Waals surface area contributed by atoms with E-state index in [4.69, 9.17) is 10.7 Å². The molecule has 0 aromatic rings. The number of hydrogen-bond donors (Lipinski definition) is 0. The van der Waals surface area contributed by atoms with Gasteiger partial charge in [-0.25, -0.2) is 4.21 Å². The molecule has 1 atom stereocenters. The summed E-state index contributed by atoms with van der Waals surface area (Å²) in [5.74, 6) is 0. The van der Waals surface area contributed by atoms with Crippen LogP contribution in [0.25, 0.3) is 0 Å². The number of halogens is 1. The highest BCUT2D eigenvalue weighted by Crippen LogP contribution is 2.06. The quantitative estimate of drug-likeness (QED) is 0.284. The van der Waals surface area contributed by atoms with Crippen molar-refractivity contribution in [2.75, 3.05) is 6.54 Å². The fraction of sp³-hybridized carbons (Fsp3) is 0.667. The van der Waals surface area contributed by atoms with Gasteiger partial charge in [0.15, 0.2) is 6.54 Å². The summed E-state index contributed by atoms with van der Waals surface area (Å²) in [6.07, 6.45) is 0.583. The molecule has 0 saturated carbocycles. The zero-order chi connectivity index (χ0) is 6.15. The first-order valence-corrected chi connectivity index (χ1v) is 4.08. The molecule has 0 spiro atoms. The van der Waals surface area contributed by atoms with Crippen molar-refractivity contribution < 1.29 is 8.95 Å². The monoisotopic (exact) mass is 153 g/mol. The minimum atomic E-state index is -1.55. The average molecular weight is 154 g/mol. The van der Waals surface area contributed by atoms with Gasteiger partial charge < -0.3 is 5.21 Å². The fourth-order valence-electron chi connectivity index (χ4n) is 0.455. The predicted molar refractivity (Wildman–Crippen MR) is 32.1 cm³/mol. The zero-order valence-electron chi connectivity index (χ0n) is 3.96. The summed E-state index contributed by atoms with van der Waals surface area (Å²) in [5.41, 5.74) is 0. The molecule has 3 nitrogen and oxygen atoms in total. The van der Waals surface area contributed by atoms with Crippen LogP contribution in [0.1, 0.15) is 6.42 Å². The first-order valence-electron chi connectivity index (χ1n) is 2.10. The van der Waals surface area contributed by atoms with Crippen molar-refractivity contribution in [1.29, 1.82) is 0 Å².